The monoisotopic (exact) mass is 353 g/mol. The lowest BCUT2D eigenvalue weighted by molar-refractivity contribution is 0.626. The minimum atomic E-state index is -0.227. The van der Waals surface area contributed by atoms with Gasteiger partial charge in [-0.2, -0.15) is 0 Å². The molecule has 0 atom stereocenters. The van der Waals surface area contributed by atoms with Crippen molar-refractivity contribution in [2.24, 2.45) is 0 Å². The molecule has 0 unspecified atom stereocenters. The fraction of sp³-hybridized carbons (Fsp3) is 0.286. The Balaban J connectivity index is 1.75. The first-order valence-corrected chi connectivity index (χ1v) is 8.11. The maximum absolute atomic E-state index is 12.8. The lowest BCUT2D eigenvalue weighted by Crippen LogP contribution is -2.04. The maximum Gasteiger partial charge on any atom is 0.141 e. The van der Waals surface area contributed by atoms with E-state index in [-0.39, 0.29) is 5.82 Å². The molecule has 2 N–H and O–H groups in total. The Labute approximate surface area is 129 Å². The molecule has 1 aromatic carbocycles. The summed E-state index contributed by atoms with van der Waals surface area (Å²) in [6.07, 6.45) is 2.33. The van der Waals surface area contributed by atoms with E-state index in [2.05, 4.69) is 25.9 Å². The van der Waals surface area contributed by atoms with E-state index in [9.17, 15) is 4.39 Å². The highest BCUT2D eigenvalue weighted by atomic mass is 79.9. The number of nitrogens with zero attached hydrogens (tertiary/aromatic N) is 2. The van der Waals surface area contributed by atoms with Crippen LogP contribution in [0.25, 0.3) is 0 Å². The Morgan fingerprint density at radius 3 is 2.60 bits per heavy atom. The van der Waals surface area contributed by atoms with Gasteiger partial charge in [-0.25, -0.2) is 14.4 Å². The number of rotatable bonds is 4. The van der Waals surface area contributed by atoms with E-state index in [1.54, 1.807) is 23.9 Å². The van der Waals surface area contributed by atoms with Crippen LogP contribution in [0.15, 0.2) is 33.6 Å². The Kier molecular flexibility index (Phi) is 3.94. The summed E-state index contributed by atoms with van der Waals surface area (Å²) in [7, 11) is 0. The van der Waals surface area contributed by atoms with Gasteiger partial charge >= 0.3 is 0 Å². The van der Waals surface area contributed by atoms with Crippen molar-refractivity contribution in [2.75, 3.05) is 5.73 Å². The molecule has 3 nitrogen and oxygen atoms in total. The SMILES string of the molecule is Nc1nc(CSc2ccc(F)cc2)nc(C2CC2)c1Br. The van der Waals surface area contributed by atoms with Gasteiger partial charge in [-0.15, -0.1) is 11.8 Å². The molecule has 104 valence electrons. The molecule has 0 aliphatic heterocycles. The van der Waals surface area contributed by atoms with E-state index in [4.69, 9.17) is 5.73 Å². The second kappa shape index (κ2) is 5.69. The summed E-state index contributed by atoms with van der Waals surface area (Å²) < 4.78 is 13.7. The minimum absolute atomic E-state index is 0.227. The fourth-order valence-electron chi connectivity index (χ4n) is 1.90. The topological polar surface area (TPSA) is 51.8 Å². The van der Waals surface area contributed by atoms with E-state index in [1.165, 1.54) is 25.0 Å². The summed E-state index contributed by atoms with van der Waals surface area (Å²) in [5.41, 5.74) is 6.94. The van der Waals surface area contributed by atoms with Crippen LogP contribution in [0.2, 0.25) is 0 Å². The molecule has 1 aliphatic carbocycles. The van der Waals surface area contributed by atoms with Gasteiger partial charge in [-0.05, 0) is 53.0 Å². The first-order valence-electron chi connectivity index (χ1n) is 6.33. The van der Waals surface area contributed by atoms with Gasteiger partial charge in [0.25, 0.3) is 0 Å². The maximum atomic E-state index is 12.8. The quantitative estimate of drug-likeness (QED) is 0.839. The van der Waals surface area contributed by atoms with Crippen LogP contribution in [0.5, 0.6) is 0 Å². The molecule has 1 aromatic heterocycles. The zero-order chi connectivity index (χ0) is 14.1. The number of hydrogen-bond donors (Lipinski definition) is 1. The van der Waals surface area contributed by atoms with Gasteiger partial charge in [-0.3, -0.25) is 0 Å². The third-order valence-corrected chi connectivity index (χ3v) is 4.91. The van der Waals surface area contributed by atoms with Crippen molar-refractivity contribution < 1.29 is 4.39 Å². The van der Waals surface area contributed by atoms with Crippen LogP contribution in [-0.2, 0) is 5.75 Å². The van der Waals surface area contributed by atoms with E-state index in [1.807, 2.05) is 0 Å². The van der Waals surface area contributed by atoms with Crippen molar-refractivity contribution >= 4 is 33.5 Å². The second-order valence-corrected chi connectivity index (χ2v) is 6.58. The Hall–Kier alpha value is -1.14. The molecular weight excluding hydrogens is 341 g/mol. The third kappa shape index (κ3) is 3.12. The molecule has 6 heteroatoms. The predicted molar refractivity (Wildman–Crippen MR) is 82.1 cm³/mol. The van der Waals surface area contributed by atoms with Gasteiger partial charge in [0.05, 0.1) is 15.9 Å². The largest absolute Gasteiger partial charge is 0.383 e. The highest BCUT2D eigenvalue weighted by Gasteiger charge is 2.28. The molecule has 0 amide bonds. The summed E-state index contributed by atoms with van der Waals surface area (Å²) >= 11 is 5.04. The minimum Gasteiger partial charge on any atom is -0.383 e. The van der Waals surface area contributed by atoms with Gasteiger partial charge in [-0.1, -0.05) is 0 Å². The van der Waals surface area contributed by atoms with E-state index >= 15 is 0 Å². The summed E-state index contributed by atoms with van der Waals surface area (Å²) in [6, 6.07) is 6.41. The van der Waals surface area contributed by atoms with Crippen molar-refractivity contribution in [3.63, 3.8) is 0 Å². The molecular formula is C14H13BrFN3S. The average Bonchev–Trinajstić information content (AvgIpc) is 3.26. The number of thioether (sulfide) groups is 1. The van der Waals surface area contributed by atoms with Crippen LogP contribution in [0, 0.1) is 5.82 Å². The Morgan fingerprint density at radius 2 is 1.95 bits per heavy atom. The number of nitrogens with two attached hydrogens (primary N) is 1. The molecule has 3 rings (SSSR count). The van der Waals surface area contributed by atoms with Gasteiger partial charge in [0.1, 0.15) is 17.5 Å². The lowest BCUT2D eigenvalue weighted by atomic mass is 10.3. The molecule has 1 heterocycles. The summed E-state index contributed by atoms with van der Waals surface area (Å²) in [5.74, 6) is 2.14. The molecule has 2 aromatic rings. The van der Waals surface area contributed by atoms with Crippen LogP contribution in [0.3, 0.4) is 0 Å². The summed E-state index contributed by atoms with van der Waals surface area (Å²) in [5, 5.41) is 0. The normalized spacial score (nSPS) is 14.5. The number of benzene rings is 1. The van der Waals surface area contributed by atoms with Gasteiger partial charge < -0.3 is 5.73 Å². The highest BCUT2D eigenvalue weighted by molar-refractivity contribution is 9.10. The number of hydrogen-bond acceptors (Lipinski definition) is 4. The van der Waals surface area contributed by atoms with E-state index in [0.717, 1.165) is 20.9 Å². The van der Waals surface area contributed by atoms with Gasteiger partial charge in [0, 0.05) is 10.8 Å². The van der Waals surface area contributed by atoms with E-state index < -0.39 is 0 Å². The standard InChI is InChI=1S/C14H13BrFN3S/c15-12-13(8-1-2-8)18-11(19-14(12)17)7-20-10-5-3-9(16)4-6-10/h3-6,8H,1-2,7H2,(H2,17,18,19). The smallest absolute Gasteiger partial charge is 0.141 e. The molecule has 1 saturated carbocycles. The predicted octanol–water partition coefficient (Wildman–Crippen LogP) is 4.13. The van der Waals surface area contributed by atoms with Crippen LogP contribution >= 0.6 is 27.7 Å². The molecule has 1 fully saturated rings. The van der Waals surface area contributed by atoms with Crippen LogP contribution in [0.4, 0.5) is 10.2 Å². The molecule has 0 radical (unpaired) electrons. The number of nitrogen functional groups attached to an aromatic ring is 1. The molecule has 20 heavy (non-hydrogen) atoms. The van der Waals surface area contributed by atoms with E-state index in [0.29, 0.717) is 17.5 Å². The molecule has 0 bridgehead atoms. The van der Waals surface area contributed by atoms with Crippen molar-refractivity contribution in [2.45, 2.75) is 29.4 Å². The molecule has 0 spiro atoms. The number of halogens is 2. The van der Waals surface area contributed by atoms with Crippen LogP contribution < -0.4 is 5.73 Å². The highest BCUT2D eigenvalue weighted by Crippen LogP contribution is 2.43. The van der Waals surface area contributed by atoms with Crippen molar-refractivity contribution in [3.05, 3.63) is 46.1 Å². The summed E-state index contributed by atoms with van der Waals surface area (Å²) in [6.45, 7) is 0. The second-order valence-electron chi connectivity index (χ2n) is 4.74. The molecule has 0 saturated heterocycles. The average molecular weight is 354 g/mol. The van der Waals surface area contributed by atoms with Crippen molar-refractivity contribution in [3.8, 4) is 0 Å². The van der Waals surface area contributed by atoms with Crippen LogP contribution in [-0.4, -0.2) is 9.97 Å². The zero-order valence-electron chi connectivity index (χ0n) is 10.6. The Bertz CT molecular complexity index is 629. The number of anilines is 1. The fourth-order valence-corrected chi connectivity index (χ4v) is 3.16. The Morgan fingerprint density at radius 1 is 1.25 bits per heavy atom. The lowest BCUT2D eigenvalue weighted by Gasteiger charge is -2.08. The third-order valence-electron chi connectivity index (χ3n) is 3.09. The summed E-state index contributed by atoms with van der Waals surface area (Å²) in [4.78, 5) is 9.89. The van der Waals surface area contributed by atoms with Gasteiger partial charge in [0.15, 0.2) is 0 Å². The first-order chi connectivity index (χ1) is 9.63. The van der Waals surface area contributed by atoms with Crippen molar-refractivity contribution in [1.29, 1.82) is 0 Å². The molecule has 1 aliphatic rings. The van der Waals surface area contributed by atoms with Crippen molar-refractivity contribution in [1.82, 2.24) is 9.97 Å². The zero-order valence-corrected chi connectivity index (χ0v) is 13.0. The van der Waals surface area contributed by atoms with Crippen LogP contribution in [0.1, 0.15) is 30.3 Å². The van der Waals surface area contributed by atoms with Gasteiger partial charge in [0.2, 0.25) is 0 Å². The number of aromatic nitrogens is 2. The first kappa shape index (κ1) is 13.8.